The summed E-state index contributed by atoms with van der Waals surface area (Å²) in [5, 5.41) is 5.91. The molecule has 3 aromatic rings. The van der Waals surface area contributed by atoms with Crippen LogP contribution in [0.1, 0.15) is 23.7 Å². The number of carbonyl (C=O) groups is 1. The molecule has 1 unspecified atom stereocenters. The molecule has 0 radical (unpaired) electrons. The van der Waals surface area contributed by atoms with Gasteiger partial charge in [0.05, 0.1) is 12.8 Å². The predicted molar refractivity (Wildman–Crippen MR) is 117 cm³/mol. The van der Waals surface area contributed by atoms with Gasteiger partial charge in [-0.1, -0.05) is 6.07 Å². The summed E-state index contributed by atoms with van der Waals surface area (Å²) in [5.41, 5.74) is 4.36. The van der Waals surface area contributed by atoms with E-state index in [0.29, 0.717) is 18.7 Å². The highest BCUT2D eigenvalue weighted by Gasteiger charge is 2.15. The number of rotatable bonds is 8. The van der Waals surface area contributed by atoms with Crippen LogP contribution in [0.4, 0.5) is 0 Å². The first-order chi connectivity index (χ1) is 14.0. The van der Waals surface area contributed by atoms with E-state index in [1.807, 2.05) is 61.7 Å². The number of ether oxygens (including phenoxy) is 2. The summed E-state index contributed by atoms with van der Waals surface area (Å²) in [6.07, 6.45) is 0.122. The molecule has 1 heterocycles. The van der Waals surface area contributed by atoms with E-state index in [-0.39, 0.29) is 5.91 Å². The Balaban J connectivity index is 1.48. The van der Waals surface area contributed by atoms with Crippen LogP contribution in [-0.2, 0) is 11.2 Å². The van der Waals surface area contributed by atoms with Gasteiger partial charge in [0, 0.05) is 23.9 Å². The summed E-state index contributed by atoms with van der Waals surface area (Å²) in [4.78, 5) is 17.0. The van der Waals surface area contributed by atoms with Gasteiger partial charge in [-0.3, -0.25) is 4.79 Å². The fourth-order valence-electron chi connectivity index (χ4n) is 2.79. The lowest BCUT2D eigenvalue weighted by molar-refractivity contribution is -0.127. The molecule has 2 aromatic carbocycles. The number of amides is 1. The molecule has 0 spiro atoms. The number of hydrogen-bond donors (Lipinski definition) is 1. The van der Waals surface area contributed by atoms with E-state index in [4.69, 9.17) is 9.47 Å². The predicted octanol–water partition coefficient (Wildman–Crippen LogP) is 4.56. The van der Waals surface area contributed by atoms with E-state index in [1.165, 1.54) is 5.56 Å². The zero-order chi connectivity index (χ0) is 20.8. The second kappa shape index (κ2) is 9.56. The third-order valence-electron chi connectivity index (χ3n) is 4.73. The lowest BCUT2D eigenvalue weighted by atomic mass is 10.1. The summed E-state index contributed by atoms with van der Waals surface area (Å²) >= 11 is 1.60. The van der Waals surface area contributed by atoms with Gasteiger partial charge in [-0.15, -0.1) is 11.3 Å². The minimum atomic E-state index is -0.553. The molecule has 0 fully saturated rings. The van der Waals surface area contributed by atoms with Crippen molar-refractivity contribution >= 4 is 17.2 Å². The molecule has 6 heteroatoms. The standard InChI is InChI=1S/C23H26N2O3S/c1-15-5-8-21(13-16(15)2)28-17(3)22(26)24-12-11-19-14-29-23(25-19)18-6-9-20(27-4)10-7-18/h5-10,13-14,17H,11-12H2,1-4H3,(H,24,26). The molecule has 1 atom stereocenters. The zero-order valence-corrected chi connectivity index (χ0v) is 18.0. The molecule has 1 amide bonds. The number of nitrogens with zero attached hydrogens (tertiary/aromatic N) is 1. The number of aryl methyl sites for hydroxylation is 2. The molecule has 5 nitrogen and oxygen atoms in total. The van der Waals surface area contributed by atoms with Crippen LogP contribution >= 0.6 is 11.3 Å². The summed E-state index contributed by atoms with van der Waals surface area (Å²) in [5.74, 6) is 1.40. The van der Waals surface area contributed by atoms with Gasteiger partial charge < -0.3 is 14.8 Å². The van der Waals surface area contributed by atoms with Crippen LogP contribution in [0.3, 0.4) is 0 Å². The Morgan fingerprint density at radius 3 is 2.52 bits per heavy atom. The number of nitrogens with one attached hydrogen (secondary N) is 1. The van der Waals surface area contributed by atoms with Gasteiger partial charge in [-0.25, -0.2) is 4.98 Å². The first-order valence-electron chi connectivity index (χ1n) is 9.56. The first kappa shape index (κ1) is 20.9. The van der Waals surface area contributed by atoms with Gasteiger partial charge in [-0.05, 0) is 68.3 Å². The summed E-state index contributed by atoms with van der Waals surface area (Å²) in [7, 11) is 1.65. The Morgan fingerprint density at radius 1 is 1.10 bits per heavy atom. The van der Waals surface area contributed by atoms with Crippen LogP contribution in [0, 0.1) is 13.8 Å². The third-order valence-corrected chi connectivity index (χ3v) is 5.67. The number of hydrogen-bond acceptors (Lipinski definition) is 5. The van der Waals surface area contributed by atoms with Gasteiger partial charge in [0.1, 0.15) is 16.5 Å². The van der Waals surface area contributed by atoms with Crippen molar-refractivity contribution in [3.05, 3.63) is 64.7 Å². The molecule has 0 aliphatic rings. The highest BCUT2D eigenvalue weighted by Crippen LogP contribution is 2.25. The maximum absolute atomic E-state index is 12.3. The van der Waals surface area contributed by atoms with Crippen molar-refractivity contribution in [2.45, 2.75) is 33.3 Å². The molecule has 0 bridgehead atoms. The molecular formula is C23H26N2O3S. The van der Waals surface area contributed by atoms with Crippen LogP contribution in [-0.4, -0.2) is 30.6 Å². The van der Waals surface area contributed by atoms with Crippen molar-refractivity contribution in [1.29, 1.82) is 0 Å². The Morgan fingerprint density at radius 2 is 1.83 bits per heavy atom. The van der Waals surface area contributed by atoms with E-state index in [2.05, 4.69) is 10.3 Å². The Kier molecular flexibility index (Phi) is 6.88. The maximum atomic E-state index is 12.3. The van der Waals surface area contributed by atoms with Crippen molar-refractivity contribution in [3.63, 3.8) is 0 Å². The van der Waals surface area contributed by atoms with E-state index >= 15 is 0 Å². The molecule has 0 aliphatic heterocycles. The lowest BCUT2D eigenvalue weighted by Gasteiger charge is -2.15. The van der Waals surface area contributed by atoms with Gasteiger partial charge in [0.2, 0.25) is 0 Å². The highest BCUT2D eigenvalue weighted by atomic mass is 32.1. The van der Waals surface area contributed by atoms with Crippen LogP contribution in [0.5, 0.6) is 11.5 Å². The van der Waals surface area contributed by atoms with Crippen LogP contribution in [0.25, 0.3) is 10.6 Å². The molecule has 1 N–H and O–H groups in total. The van der Waals surface area contributed by atoms with E-state index in [9.17, 15) is 4.79 Å². The Labute approximate surface area is 175 Å². The minimum absolute atomic E-state index is 0.131. The number of thiazole rings is 1. The van der Waals surface area contributed by atoms with Gasteiger partial charge >= 0.3 is 0 Å². The van der Waals surface area contributed by atoms with Crippen molar-refractivity contribution in [3.8, 4) is 22.1 Å². The summed E-state index contributed by atoms with van der Waals surface area (Å²) in [6.45, 7) is 6.36. The number of benzene rings is 2. The van der Waals surface area contributed by atoms with Crippen LogP contribution in [0.15, 0.2) is 47.8 Å². The highest BCUT2D eigenvalue weighted by molar-refractivity contribution is 7.13. The molecule has 1 aromatic heterocycles. The van der Waals surface area contributed by atoms with Crippen LogP contribution < -0.4 is 14.8 Å². The van der Waals surface area contributed by atoms with Gasteiger partial charge in [0.15, 0.2) is 6.10 Å². The largest absolute Gasteiger partial charge is 0.497 e. The molecule has 0 aliphatic carbocycles. The van der Waals surface area contributed by atoms with Crippen molar-refractivity contribution < 1.29 is 14.3 Å². The van der Waals surface area contributed by atoms with Crippen LogP contribution in [0.2, 0.25) is 0 Å². The minimum Gasteiger partial charge on any atom is -0.497 e. The normalized spacial score (nSPS) is 11.7. The average molecular weight is 411 g/mol. The van der Waals surface area contributed by atoms with Gasteiger partial charge in [-0.2, -0.15) is 0 Å². The average Bonchev–Trinajstić information content (AvgIpc) is 3.19. The van der Waals surface area contributed by atoms with E-state index in [1.54, 1.807) is 25.4 Å². The smallest absolute Gasteiger partial charge is 0.260 e. The first-order valence-corrected chi connectivity index (χ1v) is 10.4. The fraction of sp³-hybridized carbons (Fsp3) is 0.304. The second-order valence-electron chi connectivity index (χ2n) is 6.92. The molecule has 0 saturated heterocycles. The quantitative estimate of drug-likeness (QED) is 0.591. The topological polar surface area (TPSA) is 60.5 Å². The molecule has 29 heavy (non-hydrogen) atoms. The van der Waals surface area contributed by atoms with E-state index < -0.39 is 6.10 Å². The van der Waals surface area contributed by atoms with Crippen molar-refractivity contribution in [2.75, 3.05) is 13.7 Å². The molecular weight excluding hydrogens is 384 g/mol. The number of carbonyl (C=O) groups excluding carboxylic acids is 1. The fourth-order valence-corrected chi connectivity index (χ4v) is 3.65. The lowest BCUT2D eigenvalue weighted by Crippen LogP contribution is -2.37. The van der Waals surface area contributed by atoms with Crippen molar-refractivity contribution in [1.82, 2.24) is 10.3 Å². The van der Waals surface area contributed by atoms with E-state index in [0.717, 1.165) is 27.6 Å². The SMILES string of the molecule is COc1ccc(-c2nc(CCNC(=O)C(C)Oc3ccc(C)c(C)c3)cs2)cc1. The molecule has 152 valence electrons. The third kappa shape index (κ3) is 5.57. The zero-order valence-electron chi connectivity index (χ0n) is 17.2. The maximum Gasteiger partial charge on any atom is 0.260 e. The number of aromatic nitrogens is 1. The Hall–Kier alpha value is -2.86. The van der Waals surface area contributed by atoms with Gasteiger partial charge in [0.25, 0.3) is 5.91 Å². The summed E-state index contributed by atoms with van der Waals surface area (Å²) in [6, 6.07) is 13.7. The Bertz CT molecular complexity index is 967. The number of methoxy groups -OCH3 is 1. The second-order valence-corrected chi connectivity index (χ2v) is 7.78. The van der Waals surface area contributed by atoms with Crippen molar-refractivity contribution in [2.24, 2.45) is 0 Å². The molecule has 0 saturated carbocycles. The monoisotopic (exact) mass is 410 g/mol. The molecule has 3 rings (SSSR count). The summed E-state index contributed by atoms with van der Waals surface area (Å²) < 4.78 is 10.9.